The van der Waals surface area contributed by atoms with Crippen molar-refractivity contribution in [2.75, 3.05) is 17.3 Å². The second-order valence-corrected chi connectivity index (χ2v) is 9.69. The molecule has 2 heterocycles. The molecule has 2 aliphatic carbocycles. The first kappa shape index (κ1) is 15.4. The number of carbonyl (C=O) groups excluding carboxylic acids is 1. The Balaban J connectivity index is 1.35. The van der Waals surface area contributed by atoms with Gasteiger partial charge in [0.05, 0.1) is 17.3 Å². The van der Waals surface area contributed by atoms with Crippen molar-refractivity contribution in [3.8, 4) is 0 Å². The van der Waals surface area contributed by atoms with E-state index in [0.717, 1.165) is 23.8 Å². The zero-order valence-electron chi connectivity index (χ0n) is 12.7. The molecule has 1 atom stereocenters. The van der Waals surface area contributed by atoms with Crippen LogP contribution in [0, 0.1) is 0 Å². The Kier molecular flexibility index (Phi) is 3.87. The van der Waals surface area contributed by atoms with Crippen molar-refractivity contribution < 1.29 is 17.9 Å². The second kappa shape index (κ2) is 5.77. The van der Waals surface area contributed by atoms with E-state index in [-0.39, 0.29) is 23.2 Å². The van der Waals surface area contributed by atoms with Gasteiger partial charge < -0.3 is 9.30 Å². The van der Waals surface area contributed by atoms with E-state index in [1.165, 1.54) is 24.6 Å². The van der Waals surface area contributed by atoms with Crippen molar-refractivity contribution in [2.45, 2.75) is 55.3 Å². The number of hydrogen-bond acceptors (Lipinski definition) is 7. The summed E-state index contributed by atoms with van der Waals surface area (Å²) in [5, 5.41) is 9.32. The summed E-state index contributed by atoms with van der Waals surface area (Å²) in [5.41, 5.74) is 0. The fourth-order valence-electron chi connectivity index (χ4n) is 2.88. The molecule has 0 aromatic carbocycles. The minimum absolute atomic E-state index is 0.0481. The number of aromatic nitrogens is 3. The standard InChI is InChI=1S/C14H19N3O4S2/c18-12(21-11-5-6-23(19,20)8-11)7-22-14-16-15-13(9-1-2-9)17(14)10-3-4-10/h9-11H,1-8H2/t11-/m1/s1. The van der Waals surface area contributed by atoms with Crippen LogP contribution in [0.2, 0.25) is 0 Å². The van der Waals surface area contributed by atoms with Crippen molar-refractivity contribution in [1.29, 1.82) is 0 Å². The van der Waals surface area contributed by atoms with Crippen LogP contribution >= 0.6 is 11.8 Å². The summed E-state index contributed by atoms with van der Waals surface area (Å²) in [4.78, 5) is 11.9. The lowest BCUT2D eigenvalue weighted by molar-refractivity contribution is -0.144. The Bertz CT molecular complexity index is 722. The monoisotopic (exact) mass is 357 g/mol. The fourth-order valence-corrected chi connectivity index (χ4v) is 5.26. The zero-order valence-corrected chi connectivity index (χ0v) is 14.3. The summed E-state index contributed by atoms with van der Waals surface area (Å²) >= 11 is 1.34. The van der Waals surface area contributed by atoms with Gasteiger partial charge in [0.15, 0.2) is 15.0 Å². The first-order chi connectivity index (χ1) is 11.0. The van der Waals surface area contributed by atoms with E-state index in [9.17, 15) is 13.2 Å². The van der Waals surface area contributed by atoms with Gasteiger partial charge in [-0.2, -0.15) is 0 Å². The van der Waals surface area contributed by atoms with Crippen LogP contribution in [0.1, 0.15) is 49.9 Å². The van der Waals surface area contributed by atoms with Crippen molar-refractivity contribution in [3.05, 3.63) is 5.82 Å². The molecule has 0 unspecified atom stereocenters. The molecule has 0 bridgehead atoms. The highest BCUT2D eigenvalue weighted by Crippen LogP contribution is 2.45. The molecule has 0 amide bonds. The van der Waals surface area contributed by atoms with Crippen LogP contribution < -0.4 is 0 Å². The van der Waals surface area contributed by atoms with E-state index in [1.54, 1.807) is 0 Å². The maximum absolute atomic E-state index is 11.9. The molecule has 1 aromatic rings. The van der Waals surface area contributed by atoms with Gasteiger partial charge in [-0.25, -0.2) is 8.42 Å². The Morgan fingerprint density at radius 2 is 2.00 bits per heavy atom. The van der Waals surface area contributed by atoms with Gasteiger partial charge >= 0.3 is 5.97 Å². The molecule has 1 aromatic heterocycles. The highest BCUT2D eigenvalue weighted by Gasteiger charge is 2.36. The second-order valence-electron chi connectivity index (χ2n) is 6.52. The fraction of sp³-hybridized carbons (Fsp3) is 0.786. The van der Waals surface area contributed by atoms with Crippen LogP contribution in [0.15, 0.2) is 5.16 Å². The smallest absolute Gasteiger partial charge is 0.316 e. The molecular weight excluding hydrogens is 338 g/mol. The molecule has 3 fully saturated rings. The van der Waals surface area contributed by atoms with E-state index in [1.807, 2.05) is 0 Å². The van der Waals surface area contributed by atoms with Gasteiger partial charge in [-0.1, -0.05) is 11.8 Å². The first-order valence-corrected chi connectivity index (χ1v) is 10.8. The first-order valence-electron chi connectivity index (χ1n) is 7.99. The molecule has 23 heavy (non-hydrogen) atoms. The van der Waals surface area contributed by atoms with E-state index >= 15 is 0 Å². The highest BCUT2D eigenvalue weighted by molar-refractivity contribution is 7.99. The van der Waals surface area contributed by atoms with Crippen molar-refractivity contribution in [2.24, 2.45) is 0 Å². The lowest BCUT2D eigenvalue weighted by Crippen LogP contribution is -2.20. The number of thioether (sulfide) groups is 1. The average Bonchev–Trinajstić information content (AvgIpc) is 3.41. The van der Waals surface area contributed by atoms with E-state index in [0.29, 0.717) is 18.4 Å². The van der Waals surface area contributed by atoms with E-state index in [2.05, 4.69) is 14.8 Å². The van der Waals surface area contributed by atoms with Crippen molar-refractivity contribution in [3.63, 3.8) is 0 Å². The molecule has 1 aliphatic heterocycles. The topological polar surface area (TPSA) is 91.2 Å². The minimum Gasteiger partial charge on any atom is -0.461 e. The number of sulfone groups is 1. The Labute approximate surface area is 139 Å². The molecule has 3 aliphatic rings. The predicted molar refractivity (Wildman–Crippen MR) is 84.1 cm³/mol. The Morgan fingerprint density at radius 3 is 2.61 bits per heavy atom. The van der Waals surface area contributed by atoms with E-state index < -0.39 is 15.9 Å². The van der Waals surface area contributed by atoms with Crippen LogP contribution in [-0.2, 0) is 19.4 Å². The third-order valence-corrected chi connectivity index (χ3v) is 7.01. The third kappa shape index (κ3) is 3.55. The Morgan fingerprint density at radius 1 is 1.22 bits per heavy atom. The molecule has 126 valence electrons. The zero-order chi connectivity index (χ0) is 16.0. The Hall–Kier alpha value is -1.09. The normalized spacial score (nSPS) is 26.3. The number of ether oxygens (including phenoxy) is 1. The quantitative estimate of drug-likeness (QED) is 0.560. The molecule has 0 radical (unpaired) electrons. The van der Waals surface area contributed by atoms with Crippen LogP contribution in [0.5, 0.6) is 0 Å². The number of rotatable bonds is 6. The molecule has 9 heteroatoms. The maximum atomic E-state index is 11.9. The van der Waals surface area contributed by atoms with E-state index in [4.69, 9.17) is 4.74 Å². The molecule has 7 nitrogen and oxygen atoms in total. The molecule has 0 N–H and O–H groups in total. The summed E-state index contributed by atoms with van der Waals surface area (Å²) < 4.78 is 30.2. The molecule has 0 spiro atoms. The van der Waals surface area contributed by atoms with Gasteiger partial charge in [0.25, 0.3) is 0 Å². The predicted octanol–water partition coefficient (Wildman–Crippen LogP) is 1.31. The number of nitrogens with zero attached hydrogens (tertiary/aromatic N) is 3. The molecule has 1 saturated heterocycles. The summed E-state index contributed by atoms with van der Waals surface area (Å²) in [5.74, 6) is 1.42. The molecule has 2 saturated carbocycles. The van der Waals surface area contributed by atoms with Gasteiger partial charge in [0.1, 0.15) is 11.9 Å². The van der Waals surface area contributed by atoms with Gasteiger partial charge in [0, 0.05) is 12.0 Å². The summed E-state index contributed by atoms with van der Waals surface area (Å²) in [7, 11) is -3.03. The SMILES string of the molecule is O=C(CSc1nnc(C2CC2)n1C1CC1)O[C@@H]1CCS(=O)(=O)C1. The summed E-state index contributed by atoms with van der Waals surface area (Å²) in [6, 6.07) is 0.485. The maximum Gasteiger partial charge on any atom is 0.316 e. The highest BCUT2D eigenvalue weighted by atomic mass is 32.2. The third-order valence-electron chi connectivity index (χ3n) is 4.35. The lowest BCUT2D eigenvalue weighted by Gasteiger charge is -2.10. The largest absolute Gasteiger partial charge is 0.461 e. The lowest BCUT2D eigenvalue weighted by atomic mass is 10.3. The van der Waals surface area contributed by atoms with Gasteiger partial charge in [0.2, 0.25) is 0 Å². The van der Waals surface area contributed by atoms with Crippen LogP contribution in [0.3, 0.4) is 0 Å². The number of esters is 1. The van der Waals surface area contributed by atoms with Crippen LogP contribution in [-0.4, -0.2) is 52.5 Å². The summed E-state index contributed by atoms with van der Waals surface area (Å²) in [6.45, 7) is 0. The number of hydrogen-bond donors (Lipinski definition) is 0. The molecular formula is C14H19N3O4S2. The van der Waals surface area contributed by atoms with Gasteiger partial charge in [-0.15, -0.1) is 10.2 Å². The average molecular weight is 357 g/mol. The van der Waals surface area contributed by atoms with Gasteiger partial charge in [-0.05, 0) is 32.1 Å². The minimum atomic E-state index is -3.03. The van der Waals surface area contributed by atoms with Crippen molar-refractivity contribution >= 4 is 27.6 Å². The number of carbonyl (C=O) groups is 1. The van der Waals surface area contributed by atoms with Crippen LogP contribution in [0.25, 0.3) is 0 Å². The van der Waals surface area contributed by atoms with Crippen LogP contribution in [0.4, 0.5) is 0 Å². The van der Waals surface area contributed by atoms with Crippen molar-refractivity contribution in [1.82, 2.24) is 14.8 Å². The van der Waals surface area contributed by atoms with Gasteiger partial charge in [-0.3, -0.25) is 4.79 Å². The molecule has 4 rings (SSSR count). The summed E-state index contributed by atoms with van der Waals surface area (Å²) in [6.07, 6.45) is 4.56.